The molecule has 0 atom stereocenters. The molecule has 1 aliphatic heterocycles. The van der Waals surface area contributed by atoms with Crippen LogP contribution in [-0.4, -0.2) is 25.5 Å². The number of benzene rings is 1. The van der Waals surface area contributed by atoms with E-state index in [0.29, 0.717) is 17.8 Å². The third kappa shape index (κ3) is 3.80. The molecule has 0 aromatic heterocycles. The molecular formula is C15H20N3O+. The van der Waals surface area contributed by atoms with Crippen molar-refractivity contribution in [2.75, 3.05) is 25.0 Å². The van der Waals surface area contributed by atoms with Crippen LogP contribution < -0.4 is 10.2 Å². The Morgan fingerprint density at radius 3 is 2.79 bits per heavy atom. The van der Waals surface area contributed by atoms with Crippen LogP contribution >= 0.6 is 0 Å². The van der Waals surface area contributed by atoms with Gasteiger partial charge in [-0.25, -0.2) is 0 Å². The first-order chi connectivity index (χ1) is 9.19. The molecule has 4 nitrogen and oxygen atoms in total. The number of carbonyl (C=O) groups excluding carboxylic acids is 1. The maximum atomic E-state index is 12.0. The number of rotatable bonds is 3. The van der Waals surface area contributed by atoms with Gasteiger partial charge in [0.15, 0.2) is 6.54 Å². The number of nitrogens with zero attached hydrogens (tertiary/aromatic N) is 1. The highest BCUT2D eigenvalue weighted by molar-refractivity contribution is 5.92. The van der Waals surface area contributed by atoms with E-state index in [1.807, 2.05) is 6.07 Å². The van der Waals surface area contributed by atoms with E-state index in [-0.39, 0.29) is 5.91 Å². The monoisotopic (exact) mass is 258 g/mol. The van der Waals surface area contributed by atoms with E-state index in [2.05, 4.69) is 18.3 Å². The molecule has 0 unspecified atom stereocenters. The van der Waals surface area contributed by atoms with Gasteiger partial charge in [0, 0.05) is 0 Å². The van der Waals surface area contributed by atoms with E-state index in [1.54, 1.807) is 18.2 Å². The predicted molar refractivity (Wildman–Crippen MR) is 73.7 cm³/mol. The number of nitrogens with one attached hydrogen (secondary N) is 2. The highest BCUT2D eigenvalue weighted by Gasteiger charge is 2.21. The van der Waals surface area contributed by atoms with Gasteiger partial charge in [0.1, 0.15) is 6.07 Å². The molecule has 0 aliphatic carbocycles. The summed E-state index contributed by atoms with van der Waals surface area (Å²) in [4.78, 5) is 13.3. The van der Waals surface area contributed by atoms with Crippen molar-refractivity contribution in [3.8, 4) is 6.07 Å². The van der Waals surface area contributed by atoms with E-state index < -0.39 is 0 Å². The minimum absolute atomic E-state index is 0.00717. The SMILES string of the molecule is CC1CC[NH+](CC(=O)Nc2ccccc2C#N)CC1. The molecule has 0 saturated carbocycles. The molecule has 1 saturated heterocycles. The lowest BCUT2D eigenvalue weighted by Gasteiger charge is -2.26. The minimum atomic E-state index is -0.00717. The molecule has 1 amide bonds. The summed E-state index contributed by atoms with van der Waals surface area (Å²) in [5.74, 6) is 0.776. The van der Waals surface area contributed by atoms with Crippen LogP contribution in [-0.2, 0) is 4.79 Å². The van der Waals surface area contributed by atoms with Crippen LogP contribution in [0.25, 0.3) is 0 Å². The van der Waals surface area contributed by atoms with Gasteiger partial charge < -0.3 is 10.2 Å². The van der Waals surface area contributed by atoms with Crippen molar-refractivity contribution in [1.82, 2.24) is 0 Å². The van der Waals surface area contributed by atoms with Gasteiger partial charge in [-0.05, 0) is 30.9 Å². The first kappa shape index (κ1) is 13.6. The molecule has 1 aromatic carbocycles. The van der Waals surface area contributed by atoms with Gasteiger partial charge in [-0.1, -0.05) is 19.1 Å². The van der Waals surface area contributed by atoms with Crippen LogP contribution in [0.5, 0.6) is 0 Å². The summed E-state index contributed by atoms with van der Waals surface area (Å²) in [6.45, 7) is 4.88. The molecule has 0 bridgehead atoms. The Hall–Kier alpha value is -1.86. The number of amides is 1. The second kappa shape index (κ2) is 6.35. The lowest BCUT2D eigenvalue weighted by molar-refractivity contribution is -0.897. The Balaban J connectivity index is 1.89. The zero-order valence-electron chi connectivity index (χ0n) is 11.3. The van der Waals surface area contributed by atoms with Crippen LogP contribution in [0.1, 0.15) is 25.3 Å². The van der Waals surface area contributed by atoms with Crippen molar-refractivity contribution in [2.24, 2.45) is 5.92 Å². The molecule has 0 spiro atoms. The summed E-state index contributed by atoms with van der Waals surface area (Å²) in [5.41, 5.74) is 1.12. The maximum Gasteiger partial charge on any atom is 0.279 e. The second-order valence-electron chi connectivity index (χ2n) is 5.31. The number of carbonyl (C=O) groups is 1. The Bertz CT molecular complexity index is 484. The number of nitriles is 1. The zero-order chi connectivity index (χ0) is 13.7. The van der Waals surface area contributed by atoms with Gasteiger partial charge in [0.25, 0.3) is 5.91 Å². The number of hydrogen-bond donors (Lipinski definition) is 2. The van der Waals surface area contributed by atoms with E-state index in [1.165, 1.54) is 17.7 Å². The van der Waals surface area contributed by atoms with Crippen LogP contribution in [0.2, 0.25) is 0 Å². The average Bonchev–Trinajstić information content (AvgIpc) is 2.42. The average molecular weight is 258 g/mol. The highest BCUT2D eigenvalue weighted by Crippen LogP contribution is 2.13. The summed E-state index contributed by atoms with van der Waals surface area (Å²) in [6.07, 6.45) is 2.38. The van der Waals surface area contributed by atoms with Crippen LogP contribution in [0.15, 0.2) is 24.3 Å². The largest absolute Gasteiger partial charge is 0.327 e. The molecule has 4 heteroatoms. The zero-order valence-corrected chi connectivity index (χ0v) is 11.3. The summed E-state index contributed by atoms with van der Waals surface area (Å²) in [7, 11) is 0. The highest BCUT2D eigenvalue weighted by atomic mass is 16.2. The summed E-state index contributed by atoms with van der Waals surface area (Å²) in [6, 6.07) is 9.19. The minimum Gasteiger partial charge on any atom is -0.327 e. The molecule has 2 rings (SSSR count). The van der Waals surface area contributed by atoms with Crippen molar-refractivity contribution in [3.05, 3.63) is 29.8 Å². The van der Waals surface area contributed by atoms with Crippen molar-refractivity contribution >= 4 is 11.6 Å². The quantitative estimate of drug-likeness (QED) is 0.843. The summed E-state index contributed by atoms with van der Waals surface area (Å²) in [5, 5.41) is 11.8. The van der Waals surface area contributed by atoms with Gasteiger partial charge in [-0.15, -0.1) is 0 Å². The van der Waals surface area contributed by atoms with Crippen molar-refractivity contribution in [3.63, 3.8) is 0 Å². The Morgan fingerprint density at radius 1 is 1.42 bits per heavy atom. The molecule has 2 N–H and O–H groups in total. The van der Waals surface area contributed by atoms with E-state index >= 15 is 0 Å². The third-order valence-electron chi connectivity index (χ3n) is 3.71. The molecule has 19 heavy (non-hydrogen) atoms. The molecule has 0 radical (unpaired) electrons. The molecular weight excluding hydrogens is 238 g/mol. The fraction of sp³-hybridized carbons (Fsp3) is 0.467. The molecule has 1 aromatic rings. The number of piperidine rings is 1. The van der Waals surface area contributed by atoms with Gasteiger partial charge in [0.2, 0.25) is 0 Å². The molecule has 1 fully saturated rings. The van der Waals surface area contributed by atoms with E-state index in [9.17, 15) is 4.79 Å². The smallest absolute Gasteiger partial charge is 0.279 e. The third-order valence-corrected chi connectivity index (χ3v) is 3.71. The van der Waals surface area contributed by atoms with E-state index in [0.717, 1.165) is 19.0 Å². The normalized spacial score (nSPS) is 22.5. The first-order valence-electron chi connectivity index (χ1n) is 6.81. The summed E-state index contributed by atoms with van der Waals surface area (Å²) < 4.78 is 0. The summed E-state index contributed by atoms with van der Waals surface area (Å²) >= 11 is 0. The lowest BCUT2D eigenvalue weighted by Crippen LogP contribution is -3.14. The lowest BCUT2D eigenvalue weighted by atomic mass is 9.99. The van der Waals surface area contributed by atoms with Crippen LogP contribution in [0.3, 0.4) is 0 Å². The van der Waals surface area contributed by atoms with Crippen molar-refractivity contribution in [1.29, 1.82) is 5.26 Å². The molecule has 1 aliphatic rings. The Kier molecular flexibility index (Phi) is 4.53. The van der Waals surface area contributed by atoms with Crippen molar-refractivity contribution < 1.29 is 9.69 Å². The van der Waals surface area contributed by atoms with Gasteiger partial charge in [-0.3, -0.25) is 4.79 Å². The maximum absolute atomic E-state index is 12.0. The van der Waals surface area contributed by atoms with Crippen LogP contribution in [0, 0.1) is 17.2 Å². The first-order valence-corrected chi connectivity index (χ1v) is 6.81. The van der Waals surface area contributed by atoms with Crippen molar-refractivity contribution in [2.45, 2.75) is 19.8 Å². The fourth-order valence-corrected chi connectivity index (χ4v) is 2.46. The van der Waals surface area contributed by atoms with Gasteiger partial charge in [0.05, 0.1) is 24.3 Å². The second-order valence-corrected chi connectivity index (χ2v) is 5.31. The number of hydrogen-bond acceptors (Lipinski definition) is 2. The Labute approximate surface area is 114 Å². The number of para-hydroxylation sites is 1. The standard InChI is InChI=1S/C15H19N3O/c1-12-6-8-18(9-7-12)11-15(19)17-14-5-3-2-4-13(14)10-16/h2-5,12H,6-9,11H2,1H3,(H,17,19)/p+1. The number of likely N-dealkylation sites (tertiary alicyclic amines) is 1. The van der Waals surface area contributed by atoms with Crippen LogP contribution in [0.4, 0.5) is 5.69 Å². The molecule has 100 valence electrons. The number of anilines is 1. The predicted octanol–water partition coefficient (Wildman–Crippen LogP) is 0.812. The topological polar surface area (TPSA) is 57.3 Å². The van der Waals surface area contributed by atoms with Gasteiger partial charge in [-0.2, -0.15) is 5.26 Å². The fourth-order valence-electron chi connectivity index (χ4n) is 2.46. The Morgan fingerprint density at radius 2 is 2.11 bits per heavy atom. The molecule has 1 heterocycles. The number of quaternary nitrogens is 1. The van der Waals surface area contributed by atoms with Gasteiger partial charge >= 0.3 is 0 Å². The van der Waals surface area contributed by atoms with E-state index in [4.69, 9.17) is 5.26 Å².